The van der Waals surface area contributed by atoms with E-state index in [0.717, 1.165) is 36.0 Å². The Labute approximate surface area is 154 Å². The smallest absolute Gasteiger partial charge is 0.127 e. The zero-order valence-corrected chi connectivity index (χ0v) is 16.4. The maximum absolute atomic E-state index is 9.81. The Hall–Kier alpha value is -0.730. The van der Waals surface area contributed by atoms with E-state index in [-0.39, 0.29) is 0 Å². The van der Waals surface area contributed by atoms with Gasteiger partial charge in [0.15, 0.2) is 0 Å². The third kappa shape index (κ3) is 4.01. The summed E-state index contributed by atoms with van der Waals surface area (Å²) in [4.78, 5) is 14.3. The molecule has 1 saturated heterocycles. The highest BCUT2D eigenvalue weighted by Crippen LogP contribution is 2.41. The van der Waals surface area contributed by atoms with Crippen LogP contribution in [0.15, 0.2) is 6.07 Å². The minimum absolute atomic E-state index is 0.483. The molecule has 0 unspecified atom stereocenters. The predicted octanol–water partition coefficient (Wildman–Crippen LogP) is 4.61. The number of thiophene rings is 1. The molecule has 4 rings (SSSR count). The van der Waals surface area contributed by atoms with Gasteiger partial charge >= 0.3 is 0 Å². The molecule has 2 fully saturated rings. The Morgan fingerprint density at radius 1 is 1.16 bits per heavy atom. The molecule has 3 heterocycles. The minimum atomic E-state index is -2.34. The number of hydrogen-bond donors (Lipinski definition) is 2. The first kappa shape index (κ1) is 17.7. The predicted molar refractivity (Wildman–Crippen MR) is 106 cm³/mol. The highest BCUT2D eigenvalue weighted by Gasteiger charge is 2.24. The first-order chi connectivity index (χ1) is 12.0. The normalized spacial score (nSPS) is 23.8. The summed E-state index contributed by atoms with van der Waals surface area (Å²) in [5.41, 5.74) is 1.10. The van der Waals surface area contributed by atoms with Crippen LogP contribution in [-0.2, 0) is 6.54 Å². The SMILES string of the molecule is Cc1nc(CN2CCS(O)(O)CC2)c2cc(C3CCCCC3)sc2n1. The second kappa shape index (κ2) is 7.12. The third-order valence-electron chi connectivity index (χ3n) is 5.45. The van der Waals surface area contributed by atoms with E-state index in [4.69, 9.17) is 4.98 Å². The van der Waals surface area contributed by atoms with Crippen LogP contribution in [0.25, 0.3) is 10.2 Å². The van der Waals surface area contributed by atoms with E-state index in [1.165, 1.54) is 42.4 Å². The van der Waals surface area contributed by atoms with Gasteiger partial charge in [-0.2, -0.15) is 10.6 Å². The summed E-state index contributed by atoms with van der Waals surface area (Å²) in [6, 6.07) is 2.34. The number of aromatic nitrogens is 2. The van der Waals surface area contributed by atoms with Crippen LogP contribution in [0.4, 0.5) is 0 Å². The van der Waals surface area contributed by atoms with Crippen LogP contribution in [-0.4, -0.2) is 48.6 Å². The zero-order valence-electron chi connectivity index (χ0n) is 14.8. The summed E-state index contributed by atoms with van der Waals surface area (Å²) in [7, 11) is -2.34. The Kier molecular flexibility index (Phi) is 5.03. The number of aryl methyl sites for hydroxylation is 1. The summed E-state index contributed by atoms with van der Waals surface area (Å²) < 4.78 is 19.6. The van der Waals surface area contributed by atoms with Crippen molar-refractivity contribution >= 4 is 32.1 Å². The summed E-state index contributed by atoms with van der Waals surface area (Å²) in [6.45, 7) is 4.20. The van der Waals surface area contributed by atoms with Gasteiger partial charge in [0.05, 0.1) is 17.2 Å². The van der Waals surface area contributed by atoms with Crippen molar-refractivity contribution in [3.05, 3.63) is 22.5 Å². The highest BCUT2D eigenvalue weighted by atomic mass is 32.3. The monoisotopic (exact) mass is 381 g/mol. The molecule has 0 atom stereocenters. The van der Waals surface area contributed by atoms with Crippen LogP contribution in [0, 0.1) is 6.92 Å². The van der Waals surface area contributed by atoms with E-state index in [0.29, 0.717) is 17.4 Å². The van der Waals surface area contributed by atoms with Gasteiger partial charge in [0, 0.05) is 29.9 Å². The lowest BCUT2D eigenvalue weighted by Crippen LogP contribution is -2.38. The van der Waals surface area contributed by atoms with E-state index >= 15 is 0 Å². The van der Waals surface area contributed by atoms with Gasteiger partial charge in [-0.05, 0) is 31.7 Å². The molecule has 1 saturated carbocycles. The summed E-state index contributed by atoms with van der Waals surface area (Å²) >= 11 is 1.85. The Balaban J connectivity index is 1.58. The first-order valence-corrected chi connectivity index (χ1v) is 11.9. The second-order valence-electron chi connectivity index (χ2n) is 7.41. The van der Waals surface area contributed by atoms with E-state index in [2.05, 4.69) is 16.0 Å². The lowest BCUT2D eigenvalue weighted by molar-refractivity contribution is 0.276. The fraction of sp³-hybridized carbons (Fsp3) is 0.667. The quantitative estimate of drug-likeness (QED) is 0.812. The second-order valence-corrected chi connectivity index (χ2v) is 10.9. The van der Waals surface area contributed by atoms with Crippen molar-refractivity contribution < 1.29 is 9.11 Å². The summed E-state index contributed by atoms with van der Waals surface area (Å²) in [5, 5.41) is 1.20. The van der Waals surface area contributed by atoms with Gasteiger partial charge in [0.1, 0.15) is 10.7 Å². The van der Waals surface area contributed by atoms with Crippen molar-refractivity contribution in [2.45, 2.75) is 51.5 Å². The third-order valence-corrected chi connectivity index (χ3v) is 8.32. The molecule has 7 heteroatoms. The molecule has 138 valence electrons. The van der Waals surface area contributed by atoms with Crippen molar-refractivity contribution in [3.8, 4) is 0 Å². The van der Waals surface area contributed by atoms with E-state index in [9.17, 15) is 9.11 Å². The number of rotatable bonds is 3. The van der Waals surface area contributed by atoms with Gasteiger partial charge in [0.2, 0.25) is 0 Å². The minimum Gasteiger partial charge on any atom is -0.299 e. The highest BCUT2D eigenvalue weighted by molar-refractivity contribution is 8.24. The average molecular weight is 382 g/mol. The molecule has 5 nitrogen and oxygen atoms in total. The molecule has 0 aromatic carbocycles. The van der Waals surface area contributed by atoms with E-state index in [1.54, 1.807) is 0 Å². The molecule has 0 radical (unpaired) electrons. The molecule has 2 aromatic rings. The van der Waals surface area contributed by atoms with Gasteiger partial charge in [-0.1, -0.05) is 19.3 Å². The summed E-state index contributed by atoms with van der Waals surface area (Å²) in [5.74, 6) is 2.50. The van der Waals surface area contributed by atoms with Crippen LogP contribution in [0.2, 0.25) is 0 Å². The molecule has 1 aliphatic carbocycles. The van der Waals surface area contributed by atoms with Crippen molar-refractivity contribution in [2.75, 3.05) is 24.6 Å². The zero-order chi connectivity index (χ0) is 17.4. The van der Waals surface area contributed by atoms with Gasteiger partial charge in [0.25, 0.3) is 0 Å². The van der Waals surface area contributed by atoms with Crippen LogP contribution >= 0.6 is 21.9 Å². The molecule has 2 aromatic heterocycles. The number of nitrogens with zero attached hydrogens (tertiary/aromatic N) is 3. The molecule has 2 aliphatic rings. The van der Waals surface area contributed by atoms with E-state index < -0.39 is 10.6 Å². The van der Waals surface area contributed by atoms with Crippen LogP contribution in [0.1, 0.15) is 54.4 Å². The molecule has 0 bridgehead atoms. The summed E-state index contributed by atoms with van der Waals surface area (Å²) in [6.07, 6.45) is 6.67. The van der Waals surface area contributed by atoms with Crippen LogP contribution in [0.5, 0.6) is 0 Å². The fourth-order valence-electron chi connectivity index (χ4n) is 3.96. The average Bonchev–Trinajstić information content (AvgIpc) is 3.02. The van der Waals surface area contributed by atoms with Crippen LogP contribution < -0.4 is 0 Å². The van der Waals surface area contributed by atoms with Crippen molar-refractivity contribution in [3.63, 3.8) is 0 Å². The topological polar surface area (TPSA) is 69.5 Å². The fourth-order valence-corrected chi connectivity index (χ4v) is 6.53. The number of fused-ring (bicyclic) bond motifs is 1. The number of hydrogen-bond acceptors (Lipinski definition) is 6. The van der Waals surface area contributed by atoms with Crippen molar-refractivity contribution in [1.29, 1.82) is 0 Å². The first-order valence-electron chi connectivity index (χ1n) is 9.23. The maximum atomic E-state index is 9.81. The maximum Gasteiger partial charge on any atom is 0.127 e. The molecular weight excluding hydrogens is 354 g/mol. The lowest BCUT2D eigenvalue weighted by Gasteiger charge is -2.40. The van der Waals surface area contributed by atoms with Crippen LogP contribution in [0.3, 0.4) is 0 Å². The standard InChI is InChI=1S/C18H27N3O2S2/c1-13-19-16(12-21-7-9-25(22,23)10-8-21)15-11-17(24-18(15)20-13)14-5-3-2-4-6-14/h11,14,22-23H,2-10,12H2,1H3. The van der Waals surface area contributed by atoms with Gasteiger partial charge in [-0.15, -0.1) is 11.3 Å². The Morgan fingerprint density at radius 2 is 1.88 bits per heavy atom. The van der Waals surface area contributed by atoms with Crippen molar-refractivity contribution in [2.24, 2.45) is 0 Å². The Bertz CT molecular complexity index is 746. The molecule has 1 aliphatic heterocycles. The largest absolute Gasteiger partial charge is 0.299 e. The molecular formula is C18H27N3O2S2. The van der Waals surface area contributed by atoms with Gasteiger partial charge in [-0.25, -0.2) is 9.97 Å². The Morgan fingerprint density at radius 3 is 2.60 bits per heavy atom. The van der Waals surface area contributed by atoms with Gasteiger partial charge in [-0.3, -0.25) is 14.0 Å². The van der Waals surface area contributed by atoms with E-state index in [1.807, 2.05) is 18.3 Å². The lowest BCUT2D eigenvalue weighted by atomic mass is 9.88. The molecule has 25 heavy (non-hydrogen) atoms. The molecule has 2 N–H and O–H groups in total. The molecule has 0 spiro atoms. The van der Waals surface area contributed by atoms with Crippen molar-refractivity contribution in [1.82, 2.24) is 14.9 Å². The molecule has 0 amide bonds. The van der Waals surface area contributed by atoms with Gasteiger partial charge < -0.3 is 0 Å².